The summed E-state index contributed by atoms with van der Waals surface area (Å²) < 4.78 is 0. The zero-order valence-electron chi connectivity index (χ0n) is 14.6. The predicted octanol–water partition coefficient (Wildman–Crippen LogP) is 5.80. The fourth-order valence-corrected chi connectivity index (χ4v) is 4.34. The molecule has 0 atom stereocenters. The van der Waals surface area contributed by atoms with Crippen molar-refractivity contribution in [1.29, 1.82) is 0 Å². The second kappa shape index (κ2) is 8.03. The van der Waals surface area contributed by atoms with E-state index < -0.39 is 0 Å². The second-order valence-electron chi connectivity index (χ2n) is 6.27. The van der Waals surface area contributed by atoms with Crippen LogP contribution in [0.2, 0.25) is 5.02 Å². The van der Waals surface area contributed by atoms with Crippen molar-refractivity contribution in [3.05, 3.63) is 79.5 Å². The van der Waals surface area contributed by atoms with Gasteiger partial charge in [-0.3, -0.25) is 4.79 Å². The fraction of sp³-hybridized carbons (Fsp3) is 0.286. The van der Waals surface area contributed by atoms with Gasteiger partial charge in [-0.1, -0.05) is 30.7 Å². The van der Waals surface area contributed by atoms with Gasteiger partial charge >= 0.3 is 0 Å². The molecule has 1 N–H and O–H groups in total. The number of thiophene rings is 1. The van der Waals surface area contributed by atoms with E-state index >= 15 is 0 Å². The van der Waals surface area contributed by atoms with Gasteiger partial charge in [-0.25, -0.2) is 0 Å². The minimum Gasteiger partial charge on any atom is -0.326 e. The fourth-order valence-electron chi connectivity index (χ4n) is 3.00. The summed E-state index contributed by atoms with van der Waals surface area (Å²) in [6.45, 7) is 3.98. The van der Waals surface area contributed by atoms with E-state index in [0.717, 1.165) is 47.5 Å². The van der Waals surface area contributed by atoms with E-state index in [1.54, 1.807) is 0 Å². The molecule has 0 bridgehead atoms. The third-order valence-corrected chi connectivity index (χ3v) is 5.81. The highest BCUT2D eigenvalue weighted by atomic mass is 35.5. The molecule has 4 heteroatoms. The maximum absolute atomic E-state index is 11.9. The molecule has 0 unspecified atom stereocenters. The van der Waals surface area contributed by atoms with Gasteiger partial charge in [0.2, 0.25) is 0 Å². The number of pyridine rings is 1. The summed E-state index contributed by atoms with van der Waals surface area (Å²) in [4.78, 5) is 17.5. The quantitative estimate of drug-likeness (QED) is 0.583. The van der Waals surface area contributed by atoms with Crippen LogP contribution in [0.3, 0.4) is 0 Å². The third-order valence-electron chi connectivity index (χ3n) is 4.40. The first-order chi connectivity index (χ1) is 12.1. The molecule has 25 heavy (non-hydrogen) atoms. The highest BCUT2D eigenvalue weighted by Gasteiger charge is 2.09. The number of aryl methyl sites for hydroxylation is 4. The lowest BCUT2D eigenvalue weighted by Crippen LogP contribution is -2.13. The average Bonchev–Trinajstić information content (AvgIpc) is 3.04. The van der Waals surface area contributed by atoms with Gasteiger partial charge in [0.05, 0.1) is 0 Å². The van der Waals surface area contributed by atoms with Crippen LogP contribution in [-0.4, -0.2) is 4.98 Å². The number of hydrogen-bond acceptors (Lipinski definition) is 2. The van der Waals surface area contributed by atoms with Crippen LogP contribution >= 0.6 is 22.9 Å². The van der Waals surface area contributed by atoms with Crippen LogP contribution in [0.1, 0.15) is 35.0 Å². The predicted molar refractivity (Wildman–Crippen MR) is 108 cm³/mol. The molecule has 0 aliphatic heterocycles. The SMILES string of the molecule is CCc1cc(-c2ccc(CCCc3cccc(Cl)c3)s2)c(C)[nH]c1=O. The standard InChI is InChI=1S/C21H22ClNOS/c1-3-16-13-19(14(2)23-21(16)24)20-11-10-18(25-20)9-5-7-15-6-4-8-17(22)12-15/h4,6,8,10-13H,3,5,7,9H2,1-2H3,(H,23,24). The van der Waals surface area contributed by atoms with Crippen LogP contribution in [0, 0.1) is 6.92 Å². The third kappa shape index (κ3) is 4.42. The molecule has 0 fully saturated rings. The van der Waals surface area contributed by atoms with Crippen LogP contribution in [-0.2, 0) is 19.3 Å². The van der Waals surface area contributed by atoms with E-state index in [9.17, 15) is 4.79 Å². The Hall–Kier alpha value is -1.84. The minimum absolute atomic E-state index is 0.0297. The van der Waals surface area contributed by atoms with Gasteiger partial charge in [-0.05, 0) is 68.5 Å². The van der Waals surface area contributed by atoms with Crippen molar-refractivity contribution in [2.75, 3.05) is 0 Å². The molecule has 2 nitrogen and oxygen atoms in total. The van der Waals surface area contributed by atoms with Gasteiger partial charge in [-0.2, -0.15) is 0 Å². The van der Waals surface area contributed by atoms with Crippen LogP contribution < -0.4 is 5.56 Å². The number of halogens is 1. The first-order valence-electron chi connectivity index (χ1n) is 8.63. The average molecular weight is 372 g/mol. The molecular weight excluding hydrogens is 350 g/mol. The maximum atomic E-state index is 11.9. The summed E-state index contributed by atoms with van der Waals surface area (Å²) in [5.74, 6) is 0. The van der Waals surface area contributed by atoms with Crippen molar-refractivity contribution in [3.63, 3.8) is 0 Å². The maximum Gasteiger partial charge on any atom is 0.251 e. The number of nitrogens with one attached hydrogen (secondary N) is 1. The first kappa shape index (κ1) is 18.0. The summed E-state index contributed by atoms with van der Waals surface area (Å²) >= 11 is 7.85. The molecule has 0 spiro atoms. The van der Waals surface area contributed by atoms with Crippen molar-refractivity contribution in [2.45, 2.75) is 39.5 Å². The highest BCUT2D eigenvalue weighted by molar-refractivity contribution is 7.15. The molecule has 2 heterocycles. The topological polar surface area (TPSA) is 32.9 Å². The van der Waals surface area contributed by atoms with E-state index in [1.165, 1.54) is 15.3 Å². The Labute approximate surface area is 157 Å². The Morgan fingerprint density at radius 1 is 1.12 bits per heavy atom. The van der Waals surface area contributed by atoms with E-state index in [-0.39, 0.29) is 5.56 Å². The highest BCUT2D eigenvalue weighted by Crippen LogP contribution is 2.30. The molecule has 0 saturated heterocycles. The summed E-state index contributed by atoms with van der Waals surface area (Å²) in [7, 11) is 0. The lowest BCUT2D eigenvalue weighted by Gasteiger charge is -2.05. The van der Waals surface area contributed by atoms with Crippen molar-refractivity contribution in [2.24, 2.45) is 0 Å². The molecule has 0 aliphatic carbocycles. The number of benzene rings is 1. The summed E-state index contributed by atoms with van der Waals surface area (Å²) in [5.41, 5.74) is 4.24. The number of aromatic amines is 1. The zero-order chi connectivity index (χ0) is 17.8. The Balaban J connectivity index is 1.69. The van der Waals surface area contributed by atoms with E-state index in [0.29, 0.717) is 0 Å². The van der Waals surface area contributed by atoms with Gasteiger partial charge < -0.3 is 4.98 Å². The van der Waals surface area contributed by atoms with E-state index in [4.69, 9.17) is 11.6 Å². The lowest BCUT2D eigenvalue weighted by molar-refractivity contribution is 0.831. The van der Waals surface area contributed by atoms with Gasteiger partial charge in [-0.15, -0.1) is 11.3 Å². The van der Waals surface area contributed by atoms with Crippen LogP contribution in [0.5, 0.6) is 0 Å². The smallest absolute Gasteiger partial charge is 0.251 e. The summed E-state index contributed by atoms with van der Waals surface area (Å²) in [6.07, 6.45) is 3.94. The number of hydrogen-bond donors (Lipinski definition) is 1. The first-order valence-corrected chi connectivity index (χ1v) is 9.82. The molecule has 3 aromatic rings. The van der Waals surface area contributed by atoms with Crippen molar-refractivity contribution in [1.82, 2.24) is 4.98 Å². The Kier molecular flexibility index (Phi) is 5.77. The molecule has 1 aromatic carbocycles. The molecule has 130 valence electrons. The van der Waals surface area contributed by atoms with E-state index in [2.05, 4.69) is 23.2 Å². The largest absolute Gasteiger partial charge is 0.326 e. The Morgan fingerprint density at radius 3 is 2.72 bits per heavy atom. The summed E-state index contributed by atoms with van der Waals surface area (Å²) in [6, 6.07) is 14.5. The number of aromatic nitrogens is 1. The lowest BCUT2D eigenvalue weighted by atomic mass is 10.1. The van der Waals surface area contributed by atoms with Gasteiger partial charge in [0.15, 0.2) is 0 Å². The van der Waals surface area contributed by atoms with Gasteiger partial charge in [0, 0.05) is 31.6 Å². The van der Waals surface area contributed by atoms with Gasteiger partial charge in [0.1, 0.15) is 0 Å². The van der Waals surface area contributed by atoms with Crippen molar-refractivity contribution >= 4 is 22.9 Å². The zero-order valence-corrected chi connectivity index (χ0v) is 16.1. The van der Waals surface area contributed by atoms with Crippen LogP contribution in [0.4, 0.5) is 0 Å². The van der Waals surface area contributed by atoms with Crippen molar-refractivity contribution in [3.8, 4) is 10.4 Å². The van der Waals surface area contributed by atoms with Crippen molar-refractivity contribution < 1.29 is 0 Å². The summed E-state index contributed by atoms with van der Waals surface area (Å²) in [5, 5.41) is 0.802. The van der Waals surface area contributed by atoms with Crippen LogP contribution in [0.25, 0.3) is 10.4 Å². The van der Waals surface area contributed by atoms with Crippen LogP contribution in [0.15, 0.2) is 47.3 Å². The molecule has 0 amide bonds. The van der Waals surface area contributed by atoms with Gasteiger partial charge in [0.25, 0.3) is 5.56 Å². The second-order valence-corrected chi connectivity index (χ2v) is 7.87. The number of rotatable bonds is 6. The molecule has 0 saturated carbocycles. The molecule has 0 radical (unpaired) electrons. The monoisotopic (exact) mass is 371 g/mol. The molecule has 2 aromatic heterocycles. The minimum atomic E-state index is 0.0297. The number of H-pyrrole nitrogens is 1. The normalized spacial score (nSPS) is 11.0. The van der Waals surface area contributed by atoms with E-state index in [1.807, 2.05) is 49.4 Å². The molecule has 3 rings (SSSR count). The molecular formula is C21H22ClNOS. The Bertz CT molecular complexity index is 926. The Morgan fingerprint density at radius 2 is 1.96 bits per heavy atom. The molecule has 0 aliphatic rings.